The van der Waals surface area contributed by atoms with Gasteiger partial charge in [-0.15, -0.1) is 0 Å². The lowest BCUT2D eigenvalue weighted by Gasteiger charge is -2.33. The summed E-state index contributed by atoms with van der Waals surface area (Å²) in [6.07, 6.45) is 61.9. The van der Waals surface area contributed by atoms with E-state index >= 15 is 0 Å². The molecule has 0 fully saturated rings. The highest BCUT2D eigenvalue weighted by molar-refractivity contribution is 4.97. The Balaban J connectivity index is 2.14. The minimum atomic E-state index is 0.637. The van der Waals surface area contributed by atoms with E-state index in [-0.39, 0.29) is 0 Å². The average Bonchev–Trinajstić information content (AvgIpc) is 3.50. The van der Waals surface area contributed by atoms with E-state index < -0.39 is 0 Å². The van der Waals surface area contributed by atoms with Crippen molar-refractivity contribution in [2.24, 2.45) is 0 Å². The van der Waals surface area contributed by atoms with Gasteiger partial charge in [0.1, 0.15) is 6.17 Å². The Morgan fingerprint density at radius 1 is 0.265 bits per heavy atom. The van der Waals surface area contributed by atoms with Gasteiger partial charge in [0.15, 0.2) is 0 Å². The number of rotatable bonds is 41. The maximum absolute atomic E-state index is 2.73. The first-order chi connectivity index (χ1) is 24.3. The van der Waals surface area contributed by atoms with Crippen LogP contribution >= 0.6 is 0 Å². The predicted molar refractivity (Wildman–Crippen MR) is 223 cm³/mol. The first kappa shape index (κ1) is 46.4. The Labute approximate surface area is 311 Å². The molecule has 1 atom stereocenters. The quantitative estimate of drug-likeness (QED) is 0.0591. The highest BCUT2D eigenvalue weighted by Gasteiger charge is 2.24. The Morgan fingerprint density at radius 3 is 0.714 bits per heavy atom. The molecule has 2 heteroatoms. The monoisotopic (exact) mass is 687 g/mol. The summed E-state index contributed by atoms with van der Waals surface area (Å²) in [5.41, 5.74) is 0. The highest BCUT2D eigenvalue weighted by Crippen LogP contribution is 2.24. The van der Waals surface area contributed by atoms with E-state index in [2.05, 4.69) is 43.0 Å². The number of nitrogens with zero attached hydrogens (tertiary/aromatic N) is 2. The molecular formula is C47H94N2. The second-order valence-corrected chi connectivity index (χ2v) is 16.4. The summed E-state index contributed by atoms with van der Waals surface area (Å²) >= 11 is 0. The summed E-state index contributed by atoms with van der Waals surface area (Å²) in [6, 6.07) is 0. The van der Waals surface area contributed by atoms with Crippen LogP contribution in [0.1, 0.15) is 271 Å². The molecule has 0 aromatic carbocycles. The van der Waals surface area contributed by atoms with Crippen LogP contribution in [-0.4, -0.2) is 29.1 Å². The van der Waals surface area contributed by atoms with E-state index in [1.165, 1.54) is 264 Å². The Hall–Kier alpha value is -0.660. The van der Waals surface area contributed by atoms with E-state index in [0.29, 0.717) is 6.17 Å². The van der Waals surface area contributed by atoms with Gasteiger partial charge in [0.05, 0.1) is 0 Å². The molecule has 1 rings (SSSR count). The summed E-state index contributed by atoms with van der Waals surface area (Å²) in [6.45, 7) is 9.49. The van der Waals surface area contributed by atoms with Crippen molar-refractivity contribution in [3.8, 4) is 0 Å². The minimum Gasteiger partial charge on any atom is -0.356 e. The Kier molecular flexibility index (Phi) is 36.5. The first-order valence-corrected chi connectivity index (χ1v) is 23.5. The topological polar surface area (TPSA) is 6.48 Å². The molecule has 2 nitrogen and oxygen atoms in total. The van der Waals surface area contributed by atoms with E-state index in [1.54, 1.807) is 0 Å². The lowest BCUT2D eigenvalue weighted by molar-refractivity contribution is 0.135. The molecule has 1 aliphatic heterocycles. The third-order valence-corrected chi connectivity index (χ3v) is 11.6. The molecule has 49 heavy (non-hydrogen) atoms. The summed E-state index contributed by atoms with van der Waals surface area (Å²) in [4.78, 5) is 5.46. The maximum Gasteiger partial charge on any atom is 0.101 e. The van der Waals surface area contributed by atoms with E-state index in [9.17, 15) is 0 Å². The highest BCUT2D eigenvalue weighted by atomic mass is 15.4. The largest absolute Gasteiger partial charge is 0.356 e. The Morgan fingerprint density at radius 2 is 0.469 bits per heavy atom. The van der Waals surface area contributed by atoms with Gasteiger partial charge in [0.25, 0.3) is 0 Å². The first-order valence-electron chi connectivity index (χ1n) is 23.5. The molecule has 0 aromatic heterocycles. The van der Waals surface area contributed by atoms with Gasteiger partial charge in [-0.3, -0.25) is 0 Å². The van der Waals surface area contributed by atoms with Crippen LogP contribution in [0.4, 0.5) is 0 Å². The van der Waals surface area contributed by atoms with Crippen LogP contribution in [0.3, 0.4) is 0 Å². The summed E-state index contributed by atoms with van der Waals surface area (Å²) in [5.74, 6) is 0. The summed E-state index contributed by atoms with van der Waals surface area (Å²) in [7, 11) is 0. The van der Waals surface area contributed by atoms with Gasteiger partial charge in [-0.2, -0.15) is 0 Å². The Bertz CT molecular complexity index is 644. The molecule has 1 unspecified atom stereocenters. The van der Waals surface area contributed by atoms with Gasteiger partial charge in [0, 0.05) is 25.5 Å². The summed E-state index contributed by atoms with van der Waals surface area (Å²) in [5, 5.41) is 0. The molecule has 0 radical (unpaired) electrons. The van der Waals surface area contributed by atoms with Crippen LogP contribution in [0.25, 0.3) is 0 Å². The van der Waals surface area contributed by atoms with Crippen molar-refractivity contribution in [2.75, 3.05) is 13.1 Å². The average molecular weight is 687 g/mol. The summed E-state index contributed by atoms with van der Waals surface area (Å²) < 4.78 is 0. The van der Waals surface area contributed by atoms with Crippen LogP contribution in [0.5, 0.6) is 0 Å². The fourth-order valence-electron chi connectivity index (χ4n) is 8.13. The third kappa shape index (κ3) is 30.7. The lowest BCUT2D eigenvalue weighted by Crippen LogP contribution is -2.39. The number of hydrogen-bond acceptors (Lipinski definition) is 2. The van der Waals surface area contributed by atoms with Crippen LogP contribution in [0.15, 0.2) is 12.4 Å². The second kappa shape index (κ2) is 38.6. The van der Waals surface area contributed by atoms with Gasteiger partial charge in [-0.05, 0) is 25.7 Å². The molecule has 0 N–H and O–H groups in total. The standard InChI is InChI=1S/C47H94N2/c1-4-7-10-13-16-18-20-22-24-26-28-30-32-35-38-41-44-49-46-45-48(43-40-37-34-15-12-9-6-3)47(49)42-39-36-33-31-29-27-25-23-21-19-17-14-11-8-5-2/h45-47H,4-44H2,1-3H3. The fourth-order valence-corrected chi connectivity index (χ4v) is 8.13. The smallest absolute Gasteiger partial charge is 0.101 e. The maximum atomic E-state index is 2.73. The normalized spacial score (nSPS) is 14.6. The van der Waals surface area contributed by atoms with Crippen molar-refractivity contribution in [1.29, 1.82) is 0 Å². The minimum absolute atomic E-state index is 0.637. The molecule has 0 saturated carbocycles. The molecule has 0 saturated heterocycles. The molecule has 1 aliphatic rings. The molecular weight excluding hydrogens is 593 g/mol. The zero-order valence-corrected chi connectivity index (χ0v) is 34.6. The number of unbranched alkanes of at least 4 members (excludes halogenated alkanes) is 35. The predicted octanol–water partition coefficient (Wildman–Crippen LogP) is 16.7. The molecule has 292 valence electrons. The van der Waals surface area contributed by atoms with Crippen LogP contribution in [-0.2, 0) is 0 Å². The zero-order valence-electron chi connectivity index (χ0n) is 34.6. The lowest BCUT2D eigenvalue weighted by atomic mass is 10.0. The molecule has 0 amide bonds. The third-order valence-electron chi connectivity index (χ3n) is 11.6. The van der Waals surface area contributed by atoms with Crippen LogP contribution < -0.4 is 0 Å². The molecule has 0 aliphatic carbocycles. The van der Waals surface area contributed by atoms with Crippen molar-refractivity contribution in [2.45, 2.75) is 277 Å². The zero-order chi connectivity index (χ0) is 35.1. The van der Waals surface area contributed by atoms with Crippen molar-refractivity contribution in [3.05, 3.63) is 12.4 Å². The van der Waals surface area contributed by atoms with Crippen LogP contribution in [0.2, 0.25) is 0 Å². The number of hydrogen-bond donors (Lipinski definition) is 0. The molecule has 0 aromatic rings. The van der Waals surface area contributed by atoms with Crippen molar-refractivity contribution in [1.82, 2.24) is 9.80 Å². The van der Waals surface area contributed by atoms with Gasteiger partial charge >= 0.3 is 0 Å². The molecule has 1 heterocycles. The van der Waals surface area contributed by atoms with Crippen LogP contribution in [0, 0.1) is 0 Å². The SMILES string of the molecule is CCCCCCCCCCCCCCCCCCN1C=CN(CCCCCCCCC)C1CCCCCCCCCCCCCCCCC. The van der Waals surface area contributed by atoms with Gasteiger partial charge in [-0.1, -0.05) is 245 Å². The van der Waals surface area contributed by atoms with Gasteiger partial charge in [0.2, 0.25) is 0 Å². The molecule has 0 spiro atoms. The second-order valence-electron chi connectivity index (χ2n) is 16.4. The molecule has 0 bridgehead atoms. The van der Waals surface area contributed by atoms with E-state index in [4.69, 9.17) is 0 Å². The van der Waals surface area contributed by atoms with Crippen molar-refractivity contribution < 1.29 is 0 Å². The fraction of sp³-hybridized carbons (Fsp3) is 0.957. The van der Waals surface area contributed by atoms with E-state index in [0.717, 1.165) is 0 Å². The van der Waals surface area contributed by atoms with Crippen molar-refractivity contribution >= 4 is 0 Å². The van der Waals surface area contributed by atoms with E-state index in [1.807, 2.05) is 0 Å². The van der Waals surface area contributed by atoms with Gasteiger partial charge in [-0.25, -0.2) is 0 Å². The van der Waals surface area contributed by atoms with Crippen molar-refractivity contribution in [3.63, 3.8) is 0 Å². The van der Waals surface area contributed by atoms with Gasteiger partial charge < -0.3 is 9.80 Å².